The van der Waals surface area contributed by atoms with Crippen molar-refractivity contribution in [2.75, 3.05) is 0 Å². The van der Waals surface area contributed by atoms with Crippen LogP contribution in [0.25, 0.3) is 0 Å². The predicted molar refractivity (Wildman–Crippen MR) is 65.4 cm³/mol. The molecule has 1 heterocycles. The zero-order valence-electron chi connectivity index (χ0n) is 8.33. The van der Waals surface area contributed by atoms with Crippen LogP contribution < -0.4 is 4.74 Å². The largest absolute Gasteiger partial charge is 0.439 e. The number of hydrogen-bond acceptors (Lipinski definition) is 4. The van der Waals surface area contributed by atoms with E-state index in [-0.39, 0.29) is 0 Å². The maximum Gasteiger partial charge on any atom is 0.219 e. The first kappa shape index (κ1) is 10.5. The summed E-state index contributed by atoms with van der Waals surface area (Å²) in [6.45, 7) is 0. The average Bonchev–Trinajstić information content (AvgIpc) is 2.33. The Balaban J connectivity index is 2.14. The molecule has 0 aliphatic rings. The highest BCUT2D eigenvalue weighted by atomic mass is 32.1. The Kier molecular flexibility index (Phi) is 3.38. The topological polar surface area (TPSA) is 34.5 Å². The van der Waals surface area contributed by atoms with Crippen molar-refractivity contribution in [3.05, 3.63) is 48.7 Å². The number of para-hydroxylation sites is 1. The van der Waals surface area contributed by atoms with E-state index in [1.54, 1.807) is 18.3 Å². The van der Waals surface area contributed by atoms with Gasteiger partial charge in [-0.2, -0.15) is 4.99 Å². The van der Waals surface area contributed by atoms with E-state index in [0.29, 0.717) is 11.6 Å². The van der Waals surface area contributed by atoms with Gasteiger partial charge in [0.2, 0.25) is 5.88 Å². The summed E-state index contributed by atoms with van der Waals surface area (Å²) in [5.74, 6) is 1.27. The van der Waals surface area contributed by atoms with Gasteiger partial charge in [0, 0.05) is 6.07 Å². The normalized spacial score (nSPS) is 9.25. The van der Waals surface area contributed by atoms with Crippen LogP contribution in [0.5, 0.6) is 11.6 Å². The zero-order valence-corrected chi connectivity index (χ0v) is 9.15. The van der Waals surface area contributed by atoms with E-state index in [9.17, 15) is 0 Å². The third kappa shape index (κ3) is 2.73. The summed E-state index contributed by atoms with van der Waals surface area (Å²) >= 11 is 4.50. The first-order valence-corrected chi connectivity index (χ1v) is 5.06. The molecule has 0 fully saturated rings. The number of thiocarbonyl (C=S) groups is 1. The molecule has 0 amide bonds. The molecule has 78 valence electrons. The summed E-state index contributed by atoms with van der Waals surface area (Å²) in [7, 11) is 0. The molecule has 0 atom stereocenters. The van der Waals surface area contributed by atoms with Crippen molar-refractivity contribution in [1.29, 1.82) is 0 Å². The molecule has 0 saturated heterocycles. The van der Waals surface area contributed by atoms with Crippen molar-refractivity contribution < 1.29 is 4.74 Å². The fraction of sp³-hybridized carbons (Fsp3) is 0. The van der Waals surface area contributed by atoms with Gasteiger partial charge in [0.25, 0.3) is 0 Å². The number of pyridine rings is 1. The number of isothiocyanates is 1. The Morgan fingerprint density at radius 3 is 2.56 bits per heavy atom. The molecule has 0 saturated carbocycles. The number of nitrogens with zero attached hydrogens (tertiary/aromatic N) is 2. The van der Waals surface area contributed by atoms with Crippen LogP contribution in [0.4, 0.5) is 5.69 Å². The van der Waals surface area contributed by atoms with Crippen molar-refractivity contribution in [3.63, 3.8) is 0 Å². The van der Waals surface area contributed by atoms with Gasteiger partial charge in [-0.3, -0.25) is 0 Å². The Morgan fingerprint density at radius 1 is 1.12 bits per heavy atom. The highest BCUT2D eigenvalue weighted by Crippen LogP contribution is 2.20. The van der Waals surface area contributed by atoms with E-state index >= 15 is 0 Å². The Morgan fingerprint density at radius 2 is 1.94 bits per heavy atom. The van der Waals surface area contributed by atoms with E-state index in [1.807, 2.05) is 30.3 Å². The van der Waals surface area contributed by atoms with Gasteiger partial charge in [-0.25, -0.2) is 4.98 Å². The number of hydrogen-bond donors (Lipinski definition) is 0. The van der Waals surface area contributed by atoms with E-state index in [0.717, 1.165) is 5.75 Å². The number of ether oxygens (including phenoxy) is 1. The summed E-state index contributed by atoms with van der Waals surface area (Å²) in [5.41, 5.74) is 0.662. The van der Waals surface area contributed by atoms with Crippen molar-refractivity contribution in [3.8, 4) is 11.6 Å². The number of aliphatic imine (C=N–C) groups is 1. The Labute approximate surface area is 98.4 Å². The number of rotatable bonds is 3. The van der Waals surface area contributed by atoms with E-state index < -0.39 is 0 Å². The minimum absolute atomic E-state index is 0.523. The third-order valence-electron chi connectivity index (χ3n) is 1.86. The standard InChI is InChI=1S/C12H8N2OS/c16-9-14-10-6-7-12(13-8-10)15-11-4-2-1-3-5-11/h1-8H. The van der Waals surface area contributed by atoms with Crippen LogP contribution in [0.2, 0.25) is 0 Å². The van der Waals surface area contributed by atoms with Gasteiger partial charge in [0.1, 0.15) is 5.75 Å². The molecule has 1 aromatic carbocycles. The molecule has 0 bridgehead atoms. The van der Waals surface area contributed by atoms with Gasteiger partial charge < -0.3 is 4.74 Å². The Bertz CT molecular complexity index is 504. The lowest BCUT2D eigenvalue weighted by molar-refractivity contribution is 0.463. The number of benzene rings is 1. The van der Waals surface area contributed by atoms with E-state index in [1.165, 1.54) is 0 Å². The third-order valence-corrected chi connectivity index (χ3v) is 1.95. The van der Waals surface area contributed by atoms with E-state index in [2.05, 4.69) is 27.4 Å². The lowest BCUT2D eigenvalue weighted by Crippen LogP contribution is -1.85. The summed E-state index contributed by atoms with van der Waals surface area (Å²) in [5, 5.41) is 2.28. The van der Waals surface area contributed by atoms with Crippen LogP contribution in [-0.4, -0.2) is 10.1 Å². The van der Waals surface area contributed by atoms with Gasteiger partial charge in [-0.05, 0) is 30.4 Å². The first-order valence-electron chi connectivity index (χ1n) is 4.65. The van der Waals surface area contributed by atoms with Gasteiger partial charge in [-0.15, -0.1) is 0 Å². The molecule has 0 aliphatic carbocycles. The summed E-state index contributed by atoms with van der Waals surface area (Å²) in [6, 6.07) is 13.0. The SMILES string of the molecule is S=C=Nc1ccc(Oc2ccccc2)nc1. The van der Waals surface area contributed by atoms with Crippen LogP contribution in [-0.2, 0) is 0 Å². The molecule has 1 aromatic heterocycles. The molecule has 0 spiro atoms. The number of aromatic nitrogens is 1. The molecule has 2 aromatic rings. The molecule has 3 nitrogen and oxygen atoms in total. The lowest BCUT2D eigenvalue weighted by atomic mass is 10.3. The van der Waals surface area contributed by atoms with Gasteiger partial charge in [0.15, 0.2) is 0 Å². The van der Waals surface area contributed by atoms with Crippen LogP contribution in [0.3, 0.4) is 0 Å². The van der Waals surface area contributed by atoms with Crippen LogP contribution >= 0.6 is 12.2 Å². The molecule has 16 heavy (non-hydrogen) atoms. The molecule has 0 radical (unpaired) electrons. The molecule has 0 aliphatic heterocycles. The van der Waals surface area contributed by atoms with Crippen molar-refractivity contribution in [1.82, 2.24) is 4.98 Å². The average molecular weight is 228 g/mol. The molecule has 0 N–H and O–H groups in total. The fourth-order valence-corrected chi connectivity index (χ4v) is 1.27. The minimum Gasteiger partial charge on any atom is -0.439 e. The second-order valence-corrected chi connectivity index (χ2v) is 3.16. The maximum atomic E-state index is 5.51. The van der Waals surface area contributed by atoms with Gasteiger partial charge in [-0.1, -0.05) is 18.2 Å². The molecular weight excluding hydrogens is 220 g/mol. The second kappa shape index (κ2) is 5.16. The maximum absolute atomic E-state index is 5.51. The van der Waals surface area contributed by atoms with Crippen molar-refractivity contribution >= 4 is 23.1 Å². The Hall–Kier alpha value is -2.03. The molecule has 0 unspecified atom stereocenters. The van der Waals surface area contributed by atoms with Crippen molar-refractivity contribution in [2.24, 2.45) is 4.99 Å². The van der Waals surface area contributed by atoms with Crippen LogP contribution in [0.15, 0.2) is 53.7 Å². The zero-order chi connectivity index (χ0) is 11.2. The van der Waals surface area contributed by atoms with Crippen molar-refractivity contribution in [2.45, 2.75) is 0 Å². The summed E-state index contributed by atoms with van der Waals surface area (Å²) in [6.07, 6.45) is 1.58. The highest BCUT2D eigenvalue weighted by Gasteiger charge is 1.97. The second-order valence-electron chi connectivity index (χ2n) is 2.97. The molecule has 4 heteroatoms. The predicted octanol–water partition coefficient (Wildman–Crippen LogP) is 3.61. The molecular formula is C12H8N2OS. The van der Waals surface area contributed by atoms with Crippen LogP contribution in [0.1, 0.15) is 0 Å². The lowest BCUT2D eigenvalue weighted by Gasteiger charge is -2.03. The van der Waals surface area contributed by atoms with Gasteiger partial charge >= 0.3 is 0 Å². The fourth-order valence-electron chi connectivity index (χ4n) is 1.16. The first-order chi connectivity index (χ1) is 7.88. The van der Waals surface area contributed by atoms with E-state index in [4.69, 9.17) is 4.74 Å². The summed E-state index contributed by atoms with van der Waals surface area (Å²) < 4.78 is 5.51. The quantitative estimate of drug-likeness (QED) is 0.594. The smallest absolute Gasteiger partial charge is 0.219 e. The van der Waals surface area contributed by atoms with Gasteiger partial charge in [0.05, 0.1) is 17.0 Å². The van der Waals surface area contributed by atoms with Crippen LogP contribution in [0, 0.1) is 0 Å². The highest BCUT2D eigenvalue weighted by molar-refractivity contribution is 7.78. The minimum atomic E-state index is 0.523. The monoisotopic (exact) mass is 228 g/mol. The molecule has 2 rings (SSSR count). The summed E-state index contributed by atoms with van der Waals surface area (Å²) in [4.78, 5) is 7.89.